The molecule has 0 fully saturated rings. The van der Waals surface area contributed by atoms with E-state index in [4.69, 9.17) is 4.52 Å². The molecule has 0 saturated carbocycles. The number of halogens is 1. The molecule has 0 bridgehead atoms. The molecule has 3 aromatic rings. The van der Waals surface area contributed by atoms with Crippen molar-refractivity contribution in [1.82, 2.24) is 9.88 Å². The third kappa shape index (κ3) is 3.24. The van der Waals surface area contributed by atoms with Gasteiger partial charge in [-0.15, -0.1) is 11.3 Å². The van der Waals surface area contributed by atoms with E-state index in [-0.39, 0.29) is 16.6 Å². The third-order valence-electron chi connectivity index (χ3n) is 2.91. The average Bonchev–Trinajstić information content (AvgIpc) is 3.18. The van der Waals surface area contributed by atoms with E-state index in [9.17, 15) is 12.8 Å². The first kappa shape index (κ1) is 14.9. The van der Waals surface area contributed by atoms with Crippen LogP contribution >= 0.6 is 11.3 Å². The highest BCUT2D eigenvalue weighted by molar-refractivity contribution is 7.91. The Kier molecular flexibility index (Phi) is 4.06. The van der Waals surface area contributed by atoms with Crippen LogP contribution in [0.3, 0.4) is 0 Å². The topological polar surface area (TPSA) is 72.2 Å². The van der Waals surface area contributed by atoms with Crippen molar-refractivity contribution in [3.63, 3.8) is 0 Å². The third-order valence-corrected chi connectivity index (χ3v) is 5.90. The summed E-state index contributed by atoms with van der Waals surface area (Å²) in [6.07, 6.45) is 1.50. The van der Waals surface area contributed by atoms with E-state index in [0.717, 1.165) is 11.3 Å². The minimum Gasteiger partial charge on any atom is -0.355 e. The van der Waals surface area contributed by atoms with Gasteiger partial charge in [-0.2, -0.15) is 0 Å². The van der Waals surface area contributed by atoms with E-state index >= 15 is 0 Å². The van der Waals surface area contributed by atoms with Crippen LogP contribution in [0.4, 0.5) is 4.39 Å². The van der Waals surface area contributed by atoms with Crippen LogP contribution in [0.5, 0.6) is 0 Å². The first-order valence-corrected chi connectivity index (χ1v) is 8.59. The second-order valence-corrected chi connectivity index (χ2v) is 7.52. The Morgan fingerprint density at radius 2 is 1.91 bits per heavy atom. The minimum absolute atomic E-state index is 0.0954. The van der Waals surface area contributed by atoms with Crippen LogP contribution in [0.15, 0.2) is 57.4 Å². The van der Waals surface area contributed by atoms with Crippen molar-refractivity contribution in [2.24, 2.45) is 0 Å². The van der Waals surface area contributed by atoms with E-state index in [1.807, 2.05) is 0 Å². The lowest BCUT2D eigenvalue weighted by Crippen LogP contribution is -2.22. The molecule has 0 unspecified atom stereocenters. The van der Waals surface area contributed by atoms with Crippen LogP contribution in [0.2, 0.25) is 0 Å². The lowest BCUT2D eigenvalue weighted by molar-refractivity contribution is 0.433. The van der Waals surface area contributed by atoms with Crippen molar-refractivity contribution in [2.75, 3.05) is 0 Å². The number of hydrogen-bond acceptors (Lipinski definition) is 5. The molecule has 0 amide bonds. The summed E-state index contributed by atoms with van der Waals surface area (Å²) in [5.41, 5.74) is 0.678. The van der Waals surface area contributed by atoms with Crippen LogP contribution in [0, 0.1) is 5.82 Å². The summed E-state index contributed by atoms with van der Waals surface area (Å²) in [5, 5.41) is 3.59. The van der Waals surface area contributed by atoms with Gasteiger partial charge in [-0.05, 0) is 29.8 Å². The maximum atomic E-state index is 12.8. The second kappa shape index (κ2) is 5.99. The molecule has 2 heterocycles. The molecule has 2 aromatic heterocycles. The predicted molar refractivity (Wildman–Crippen MR) is 80.2 cm³/mol. The number of benzene rings is 1. The lowest BCUT2D eigenvalue weighted by atomic mass is 10.2. The highest BCUT2D eigenvalue weighted by Gasteiger charge is 2.18. The predicted octanol–water partition coefficient (Wildman–Crippen LogP) is 3.02. The van der Waals surface area contributed by atoms with Gasteiger partial charge in [-0.1, -0.05) is 17.3 Å². The molecule has 22 heavy (non-hydrogen) atoms. The maximum Gasteiger partial charge on any atom is 0.250 e. The summed E-state index contributed by atoms with van der Waals surface area (Å²) >= 11 is 1.09. The Morgan fingerprint density at radius 1 is 1.14 bits per heavy atom. The molecule has 0 aliphatic rings. The molecule has 8 heteroatoms. The molecule has 5 nitrogen and oxygen atoms in total. The summed E-state index contributed by atoms with van der Waals surface area (Å²) in [6, 6.07) is 10.5. The Hall–Kier alpha value is -2.03. The van der Waals surface area contributed by atoms with Gasteiger partial charge >= 0.3 is 0 Å². The molecule has 3 rings (SSSR count). The molecule has 0 aliphatic carbocycles. The van der Waals surface area contributed by atoms with Gasteiger partial charge in [-0.25, -0.2) is 17.5 Å². The van der Waals surface area contributed by atoms with Crippen LogP contribution in [0.1, 0.15) is 5.56 Å². The lowest BCUT2D eigenvalue weighted by Gasteiger charge is -2.04. The molecule has 1 aromatic carbocycles. The summed E-state index contributed by atoms with van der Waals surface area (Å²) < 4.78 is 44.9. The molecule has 0 saturated heterocycles. The molecule has 0 atom stereocenters. The number of sulfonamides is 1. The van der Waals surface area contributed by atoms with Gasteiger partial charge < -0.3 is 4.52 Å². The highest BCUT2D eigenvalue weighted by atomic mass is 32.2. The van der Waals surface area contributed by atoms with Gasteiger partial charge in [0, 0.05) is 12.6 Å². The van der Waals surface area contributed by atoms with E-state index in [1.54, 1.807) is 12.1 Å². The quantitative estimate of drug-likeness (QED) is 0.776. The van der Waals surface area contributed by atoms with E-state index in [2.05, 4.69) is 9.88 Å². The van der Waals surface area contributed by atoms with Crippen molar-refractivity contribution < 1.29 is 17.3 Å². The van der Waals surface area contributed by atoms with E-state index in [0.29, 0.717) is 16.2 Å². The molecular formula is C14H11FN2O3S2. The zero-order chi connectivity index (χ0) is 15.6. The highest BCUT2D eigenvalue weighted by Crippen LogP contribution is 2.30. The normalized spacial score (nSPS) is 11.7. The zero-order valence-electron chi connectivity index (χ0n) is 11.2. The number of aromatic nitrogens is 1. The van der Waals surface area contributed by atoms with Gasteiger partial charge in [0.15, 0.2) is 5.76 Å². The Labute approximate surface area is 130 Å². The molecule has 1 N–H and O–H groups in total. The van der Waals surface area contributed by atoms with Crippen LogP contribution < -0.4 is 4.72 Å². The Bertz CT molecular complexity index is 856. The number of hydrogen-bond donors (Lipinski definition) is 1. The summed E-state index contributed by atoms with van der Waals surface area (Å²) in [4.78, 5) is 0.680. The van der Waals surface area contributed by atoms with Crippen molar-refractivity contribution >= 4 is 21.4 Å². The Morgan fingerprint density at radius 3 is 2.59 bits per heavy atom. The first-order chi connectivity index (χ1) is 10.5. The fourth-order valence-corrected chi connectivity index (χ4v) is 4.12. The smallest absolute Gasteiger partial charge is 0.250 e. The van der Waals surface area contributed by atoms with E-state index < -0.39 is 10.0 Å². The van der Waals surface area contributed by atoms with Crippen molar-refractivity contribution in [1.29, 1.82) is 0 Å². The van der Waals surface area contributed by atoms with Gasteiger partial charge in [-0.3, -0.25) is 0 Å². The maximum absolute atomic E-state index is 12.8. The van der Waals surface area contributed by atoms with Crippen molar-refractivity contribution in [3.8, 4) is 10.6 Å². The van der Waals surface area contributed by atoms with Gasteiger partial charge in [0.05, 0.1) is 11.1 Å². The average molecular weight is 338 g/mol. The van der Waals surface area contributed by atoms with Crippen molar-refractivity contribution in [2.45, 2.75) is 10.8 Å². The largest absolute Gasteiger partial charge is 0.355 e. The number of nitrogens with zero attached hydrogens (tertiary/aromatic N) is 1. The van der Waals surface area contributed by atoms with Crippen molar-refractivity contribution in [3.05, 3.63) is 60.0 Å². The first-order valence-electron chi connectivity index (χ1n) is 6.29. The number of thiophene rings is 1. The minimum atomic E-state index is -3.63. The Balaban J connectivity index is 1.74. The summed E-state index contributed by atoms with van der Waals surface area (Å²) in [7, 11) is -3.63. The van der Waals surface area contributed by atoms with E-state index in [1.165, 1.54) is 36.5 Å². The summed E-state index contributed by atoms with van der Waals surface area (Å²) in [6.45, 7) is 0.0954. The van der Waals surface area contributed by atoms with Crippen LogP contribution in [-0.2, 0) is 16.6 Å². The molecular weight excluding hydrogens is 327 g/mol. The second-order valence-electron chi connectivity index (χ2n) is 4.45. The molecule has 0 radical (unpaired) electrons. The van der Waals surface area contributed by atoms with Gasteiger partial charge in [0.25, 0.3) is 0 Å². The fraction of sp³-hybridized carbons (Fsp3) is 0.0714. The summed E-state index contributed by atoms with van der Waals surface area (Å²) in [5.74, 6) is 0.159. The van der Waals surface area contributed by atoms with Gasteiger partial charge in [0.2, 0.25) is 10.0 Å². The zero-order valence-corrected chi connectivity index (χ0v) is 12.8. The SMILES string of the molecule is O=S(=O)(NCc1ccc(F)cc1)c1ccc(-c2ccno2)s1. The van der Waals surface area contributed by atoms with Gasteiger partial charge in [0.1, 0.15) is 10.0 Å². The molecule has 0 spiro atoms. The van der Waals surface area contributed by atoms with Crippen LogP contribution in [-0.4, -0.2) is 13.6 Å². The molecule has 0 aliphatic heterocycles. The fourth-order valence-electron chi connectivity index (χ4n) is 1.79. The monoisotopic (exact) mass is 338 g/mol. The molecule has 114 valence electrons. The van der Waals surface area contributed by atoms with Crippen LogP contribution in [0.25, 0.3) is 10.6 Å². The number of rotatable bonds is 5. The number of nitrogens with one attached hydrogen (secondary N) is 1. The standard InChI is InChI=1S/C14H11FN2O3S2/c15-11-3-1-10(2-4-11)9-17-22(18,19)14-6-5-13(21-14)12-7-8-16-20-12/h1-8,17H,9H2.